The van der Waals surface area contributed by atoms with Gasteiger partial charge in [0.1, 0.15) is 0 Å². The zero-order valence-corrected chi connectivity index (χ0v) is 20.4. The number of rotatable bonds is 11. The number of amides is 1. The minimum Gasteiger partial charge on any atom is -0.396 e. The summed E-state index contributed by atoms with van der Waals surface area (Å²) in [5, 5.41) is 12.3. The summed E-state index contributed by atoms with van der Waals surface area (Å²) in [5.74, 6) is 0.649. The summed E-state index contributed by atoms with van der Waals surface area (Å²) in [6, 6.07) is 5.33. The number of carbonyl (C=O) groups is 1. The highest BCUT2D eigenvalue weighted by Crippen LogP contribution is 2.35. The number of nitrogens with one attached hydrogen (secondary N) is 2. The molecule has 0 atom stereocenters. The molecule has 1 saturated carbocycles. The van der Waals surface area contributed by atoms with Gasteiger partial charge >= 0.3 is 0 Å². The molecule has 1 amide bonds. The van der Waals surface area contributed by atoms with Crippen LogP contribution in [0.4, 0.5) is 5.13 Å². The van der Waals surface area contributed by atoms with Gasteiger partial charge in [0.25, 0.3) is 0 Å². The minimum absolute atomic E-state index is 0.0172. The molecule has 1 aliphatic rings. The molecule has 0 aliphatic heterocycles. The van der Waals surface area contributed by atoms with Gasteiger partial charge in [0.15, 0.2) is 5.13 Å². The molecule has 0 unspecified atom stereocenters. The van der Waals surface area contributed by atoms with Gasteiger partial charge in [-0.25, -0.2) is 18.1 Å². The van der Waals surface area contributed by atoms with Crippen LogP contribution >= 0.6 is 11.3 Å². The number of aryl methyl sites for hydroxylation is 2. The second kappa shape index (κ2) is 11.4. The van der Waals surface area contributed by atoms with Crippen molar-refractivity contribution in [3.05, 3.63) is 29.5 Å². The van der Waals surface area contributed by atoms with Gasteiger partial charge in [0, 0.05) is 19.6 Å². The molecule has 0 bridgehead atoms. The summed E-state index contributed by atoms with van der Waals surface area (Å²) < 4.78 is 28.2. The summed E-state index contributed by atoms with van der Waals surface area (Å²) in [7, 11) is -3.66. The number of carbonyl (C=O) groups excluding carboxylic acids is 1. The lowest BCUT2D eigenvalue weighted by atomic mass is 10.0. The Balaban J connectivity index is 1.70. The van der Waals surface area contributed by atoms with Crippen LogP contribution in [-0.2, 0) is 14.8 Å². The molecule has 1 fully saturated rings. The van der Waals surface area contributed by atoms with E-state index in [0.29, 0.717) is 35.9 Å². The number of nitrogens with zero attached hydrogens (tertiary/aromatic N) is 1. The Hall–Kier alpha value is -1.81. The summed E-state index contributed by atoms with van der Waals surface area (Å²) in [6.45, 7) is 3.95. The molecule has 1 aromatic heterocycles. The van der Waals surface area contributed by atoms with E-state index >= 15 is 0 Å². The average molecular weight is 480 g/mol. The monoisotopic (exact) mass is 479 g/mol. The van der Waals surface area contributed by atoms with Crippen molar-refractivity contribution in [3.63, 3.8) is 0 Å². The second-order valence-corrected chi connectivity index (χ2v) is 11.2. The first-order valence-corrected chi connectivity index (χ1v) is 13.6. The van der Waals surface area contributed by atoms with Crippen molar-refractivity contribution in [2.45, 2.75) is 70.1 Å². The zero-order valence-electron chi connectivity index (χ0n) is 18.8. The molecule has 1 aromatic carbocycles. The van der Waals surface area contributed by atoms with Gasteiger partial charge in [0.2, 0.25) is 15.9 Å². The summed E-state index contributed by atoms with van der Waals surface area (Å²) in [6.07, 6.45) is 7.55. The van der Waals surface area contributed by atoms with E-state index in [-0.39, 0.29) is 24.0 Å². The highest BCUT2D eigenvalue weighted by atomic mass is 32.2. The number of thiazole rings is 1. The first-order chi connectivity index (χ1) is 15.3. The van der Waals surface area contributed by atoms with Crippen LogP contribution in [0, 0.1) is 19.8 Å². The van der Waals surface area contributed by atoms with Crippen LogP contribution in [0.5, 0.6) is 0 Å². The molecular weight excluding hydrogens is 446 g/mol. The van der Waals surface area contributed by atoms with E-state index in [4.69, 9.17) is 5.11 Å². The van der Waals surface area contributed by atoms with Crippen molar-refractivity contribution in [1.29, 1.82) is 0 Å². The van der Waals surface area contributed by atoms with E-state index in [1.165, 1.54) is 37.0 Å². The van der Waals surface area contributed by atoms with E-state index in [2.05, 4.69) is 15.0 Å². The van der Waals surface area contributed by atoms with Crippen LogP contribution in [0.2, 0.25) is 0 Å². The number of hydrogen-bond acceptors (Lipinski definition) is 6. The molecule has 32 heavy (non-hydrogen) atoms. The highest BCUT2D eigenvalue weighted by molar-refractivity contribution is 7.89. The fourth-order valence-electron chi connectivity index (χ4n) is 4.09. The fraction of sp³-hybridized carbons (Fsp3) is 0.565. The summed E-state index contributed by atoms with van der Waals surface area (Å²) in [4.78, 5) is 17.9. The molecule has 2 aromatic rings. The van der Waals surface area contributed by atoms with Crippen LogP contribution < -0.4 is 10.0 Å². The topological polar surface area (TPSA) is 108 Å². The number of hydrogen-bond donors (Lipinski definition) is 3. The number of aliphatic hydroxyl groups excluding tert-OH is 1. The Morgan fingerprint density at radius 1 is 1.22 bits per heavy atom. The number of aromatic nitrogens is 1. The Bertz CT molecular complexity index is 1030. The van der Waals surface area contributed by atoms with Gasteiger partial charge < -0.3 is 10.4 Å². The predicted octanol–water partition coefficient (Wildman–Crippen LogP) is 4.39. The third-order valence-corrected chi connectivity index (χ3v) is 8.64. The number of benzene rings is 1. The maximum atomic E-state index is 12.8. The number of anilines is 1. The van der Waals surface area contributed by atoms with Crippen LogP contribution in [0.15, 0.2) is 23.1 Å². The smallest absolute Gasteiger partial charge is 0.240 e. The molecule has 3 N–H and O–H groups in total. The van der Waals surface area contributed by atoms with Gasteiger partial charge in [0.05, 0.1) is 15.5 Å². The molecule has 1 heterocycles. The largest absolute Gasteiger partial charge is 0.396 e. The normalized spacial score (nSPS) is 14.7. The lowest BCUT2D eigenvalue weighted by Gasteiger charge is -2.11. The van der Waals surface area contributed by atoms with Gasteiger partial charge in [-0.1, -0.05) is 49.2 Å². The van der Waals surface area contributed by atoms with Crippen molar-refractivity contribution in [2.75, 3.05) is 18.5 Å². The van der Waals surface area contributed by atoms with Crippen molar-refractivity contribution in [3.8, 4) is 10.4 Å². The maximum absolute atomic E-state index is 12.8. The number of sulfonamides is 1. The summed E-state index contributed by atoms with van der Waals surface area (Å²) in [5.41, 5.74) is 2.17. The molecule has 176 valence electrons. The lowest BCUT2D eigenvalue weighted by Crippen LogP contribution is -2.25. The van der Waals surface area contributed by atoms with Gasteiger partial charge in [-0.15, -0.1) is 0 Å². The zero-order chi connectivity index (χ0) is 23.1. The SMILES string of the molecule is Cc1ccc(-c2sc(NC(=O)CCC3CCCC3)nc2C)cc1S(=O)(=O)NCCCCO. The molecule has 0 radical (unpaired) electrons. The molecule has 0 saturated heterocycles. The third kappa shape index (κ3) is 6.60. The number of aliphatic hydroxyl groups is 1. The molecule has 3 rings (SSSR count). The van der Waals surface area contributed by atoms with Crippen LogP contribution in [0.25, 0.3) is 10.4 Å². The fourth-order valence-corrected chi connectivity index (χ4v) is 6.41. The van der Waals surface area contributed by atoms with E-state index in [1.54, 1.807) is 19.1 Å². The molecule has 9 heteroatoms. The predicted molar refractivity (Wildman–Crippen MR) is 128 cm³/mol. The molecular formula is C23H33N3O4S2. The van der Waals surface area contributed by atoms with Gasteiger partial charge in [-0.05, 0) is 56.2 Å². The third-order valence-electron chi connectivity index (χ3n) is 5.91. The van der Waals surface area contributed by atoms with Crippen molar-refractivity contribution in [2.24, 2.45) is 5.92 Å². The van der Waals surface area contributed by atoms with Crippen LogP contribution in [0.1, 0.15) is 62.6 Å². The van der Waals surface area contributed by atoms with E-state index in [9.17, 15) is 13.2 Å². The highest BCUT2D eigenvalue weighted by Gasteiger charge is 2.20. The number of unbranched alkanes of at least 4 members (excludes halogenated alkanes) is 1. The van der Waals surface area contributed by atoms with E-state index in [0.717, 1.165) is 22.6 Å². The second-order valence-electron chi connectivity index (χ2n) is 8.48. The quantitative estimate of drug-likeness (QED) is 0.414. The van der Waals surface area contributed by atoms with E-state index < -0.39 is 10.0 Å². The Morgan fingerprint density at radius 3 is 2.69 bits per heavy atom. The molecule has 0 spiro atoms. The standard InChI is InChI=1S/C23H33N3O4S2/c1-16-9-11-19(15-20(16)32(29,30)24-13-5-6-14-27)22-17(2)25-23(31-22)26-21(28)12-10-18-7-3-4-8-18/h9,11,15,18,24,27H,3-8,10,12-14H2,1-2H3,(H,25,26,28). The Kier molecular flexibility index (Phi) is 8.81. The Labute approximate surface area is 194 Å². The van der Waals surface area contributed by atoms with Crippen LogP contribution in [-0.4, -0.2) is 37.6 Å². The maximum Gasteiger partial charge on any atom is 0.240 e. The van der Waals surface area contributed by atoms with Crippen LogP contribution in [0.3, 0.4) is 0 Å². The van der Waals surface area contributed by atoms with Gasteiger partial charge in [-0.3, -0.25) is 4.79 Å². The van der Waals surface area contributed by atoms with Gasteiger partial charge in [-0.2, -0.15) is 0 Å². The summed E-state index contributed by atoms with van der Waals surface area (Å²) >= 11 is 1.36. The first kappa shape index (κ1) is 24.8. The average Bonchev–Trinajstić information content (AvgIpc) is 3.39. The molecule has 7 nitrogen and oxygen atoms in total. The van der Waals surface area contributed by atoms with E-state index in [1.807, 2.05) is 13.0 Å². The minimum atomic E-state index is -3.66. The lowest BCUT2D eigenvalue weighted by molar-refractivity contribution is -0.116. The van der Waals surface area contributed by atoms with Crippen molar-refractivity contribution in [1.82, 2.24) is 9.71 Å². The van der Waals surface area contributed by atoms with Crippen molar-refractivity contribution >= 4 is 32.4 Å². The molecule has 1 aliphatic carbocycles. The first-order valence-electron chi connectivity index (χ1n) is 11.3. The Morgan fingerprint density at radius 2 is 1.97 bits per heavy atom. The van der Waals surface area contributed by atoms with Crippen molar-refractivity contribution < 1.29 is 18.3 Å².